The number of nitrogens with zero attached hydrogens (tertiary/aromatic N) is 1. The van der Waals surface area contributed by atoms with Crippen molar-refractivity contribution in [2.45, 2.75) is 38.5 Å². The molecule has 2 rings (SSSR count). The molecule has 0 aromatic heterocycles. The molecule has 2 nitrogen and oxygen atoms in total. The number of amidine groups is 1. The molecule has 1 aliphatic rings. The maximum absolute atomic E-state index is 5.61. The Bertz CT molecular complexity index is 443. The summed E-state index contributed by atoms with van der Waals surface area (Å²) in [6.07, 6.45) is 9.54. The molecule has 4 heteroatoms. The molecule has 2 N–H and O–H groups in total. The summed E-state index contributed by atoms with van der Waals surface area (Å²) >= 11 is 1.65. The van der Waals surface area contributed by atoms with Crippen LogP contribution in [0.5, 0.6) is 0 Å². The summed E-state index contributed by atoms with van der Waals surface area (Å²) in [5.74, 6) is 1.03. The summed E-state index contributed by atoms with van der Waals surface area (Å²) in [6, 6.07) is 10.7. The van der Waals surface area contributed by atoms with Crippen LogP contribution in [0.2, 0.25) is 0 Å². The number of nitrogens with two attached hydrogens (primary N) is 1. The van der Waals surface area contributed by atoms with Crippen molar-refractivity contribution in [2.75, 3.05) is 5.75 Å². The summed E-state index contributed by atoms with van der Waals surface area (Å²) < 4.78 is 0. The Hall–Kier alpha value is -0.740. The van der Waals surface area contributed by atoms with Gasteiger partial charge in [0.05, 0.1) is 0 Å². The van der Waals surface area contributed by atoms with Crippen LogP contribution in [0.15, 0.2) is 47.1 Å². The first-order chi connectivity index (χ1) is 9.34. The largest absolute Gasteiger partial charge is 0.378 e. The van der Waals surface area contributed by atoms with Gasteiger partial charge in [0.15, 0.2) is 5.17 Å². The molecular weight excluding hydrogens is 332 g/mol. The molecule has 0 atom stereocenters. The van der Waals surface area contributed by atoms with Crippen molar-refractivity contribution in [1.82, 2.24) is 0 Å². The van der Waals surface area contributed by atoms with Gasteiger partial charge in [0.25, 0.3) is 0 Å². The quantitative estimate of drug-likeness (QED) is 0.720. The lowest BCUT2D eigenvalue weighted by atomic mass is 10.0. The van der Waals surface area contributed by atoms with E-state index in [1.165, 1.54) is 49.7 Å². The molecule has 0 amide bonds. The zero-order valence-corrected chi connectivity index (χ0v) is 14.3. The summed E-state index contributed by atoms with van der Waals surface area (Å²) in [5, 5.41) is 0.701. The first-order valence-electron chi connectivity index (χ1n) is 7.02. The molecule has 0 radical (unpaired) electrons. The van der Waals surface area contributed by atoms with Crippen molar-refractivity contribution < 1.29 is 0 Å². The fourth-order valence-electron chi connectivity index (χ4n) is 2.21. The summed E-state index contributed by atoms with van der Waals surface area (Å²) in [4.78, 5) is 4.16. The van der Waals surface area contributed by atoms with E-state index in [4.69, 9.17) is 5.73 Å². The van der Waals surface area contributed by atoms with Crippen molar-refractivity contribution >= 4 is 33.9 Å². The third-order valence-electron chi connectivity index (χ3n) is 3.34. The Labute approximate surface area is 136 Å². The van der Waals surface area contributed by atoms with Gasteiger partial charge in [-0.15, -0.1) is 17.0 Å². The number of hydrogen-bond acceptors (Lipinski definition) is 3. The normalized spacial score (nSPS) is 14.2. The van der Waals surface area contributed by atoms with Crippen LogP contribution in [0.3, 0.4) is 0 Å². The maximum atomic E-state index is 5.61. The fourth-order valence-corrected chi connectivity index (χ4v) is 2.89. The van der Waals surface area contributed by atoms with E-state index in [9.17, 15) is 0 Å². The van der Waals surface area contributed by atoms with Gasteiger partial charge in [-0.05, 0) is 36.8 Å². The molecule has 0 unspecified atom stereocenters. The molecular formula is C16H23BrN2S. The monoisotopic (exact) mass is 354 g/mol. The van der Waals surface area contributed by atoms with Gasteiger partial charge in [-0.25, -0.2) is 4.99 Å². The molecule has 0 bridgehead atoms. The molecule has 0 spiro atoms. The van der Waals surface area contributed by atoms with Gasteiger partial charge in [-0.1, -0.05) is 54.9 Å². The van der Waals surface area contributed by atoms with Gasteiger partial charge >= 0.3 is 0 Å². The van der Waals surface area contributed by atoms with E-state index in [1.54, 1.807) is 11.8 Å². The Kier molecular flexibility index (Phi) is 8.70. The smallest absolute Gasteiger partial charge is 0.158 e. The number of rotatable bonds is 7. The first-order valence-corrected chi connectivity index (χ1v) is 8.01. The van der Waals surface area contributed by atoms with E-state index in [0.29, 0.717) is 5.17 Å². The summed E-state index contributed by atoms with van der Waals surface area (Å²) in [6.45, 7) is 0. The second-order valence-electron chi connectivity index (χ2n) is 4.94. The van der Waals surface area contributed by atoms with Gasteiger partial charge in [0, 0.05) is 12.0 Å². The van der Waals surface area contributed by atoms with Crippen LogP contribution in [0.1, 0.15) is 37.7 Å². The lowest BCUT2D eigenvalue weighted by molar-refractivity contribution is 0.638. The third-order valence-corrected chi connectivity index (χ3v) is 4.25. The Morgan fingerprint density at radius 1 is 1.00 bits per heavy atom. The summed E-state index contributed by atoms with van der Waals surface area (Å²) in [5.41, 5.74) is 8.50. The van der Waals surface area contributed by atoms with E-state index >= 15 is 0 Å². The van der Waals surface area contributed by atoms with E-state index in [2.05, 4.69) is 35.3 Å². The summed E-state index contributed by atoms with van der Waals surface area (Å²) in [7, 11) is 0. The number of aryl methyl sites for hydroxylation is 1. The maximum Gasteiger partial charge on any atom is 0.158 e. The van der Waals surface area contributed by atoms with E-state index < -0.39 is 0 Å². The van der Waals surface area contributed by atoms with Gasteiger partial charge in [-0.2, -0.15) is 0 Å². The minimum Gasteiger partial charge on any atom is -0.378 e. The van der Waals surface area contributed by atoms with Crippen molar-refractivity contribution in [2.24, 2.45) is 10.7 Å². The van der Waals surface area contributed by atoms with Gasteiger partial charge < -0.3 is 5.73 Å². The predicted octanol–water partition coefficient (Wildman–Crippen LogP) is 4.70. The number of halogens is 1. The highest BCUT2D eigenvalue weighted by molar-refractivity contribution is 8.93. The fraction of sp³-hybridized carbons (Fsp3) is 0.438. The number of hydrogen-bond donors (Lipinski definition) is 1. The zero-order chi connectivity index (χ0) is 13.3. The standard InChI is InChI=1S/C16H22N2S.BrH/c17-16-18-12-15(13-19-16)11-5-2-1-4-8-14-9-6-3-7-10-14;/h3,6-7,9-10,12H,1-2,4-5,8,11,13H2,(H2,17,18);1H. The molecule has 0 saturated heterocycles. The van der Waals surface area contributed by atoms with Crippen LogP contribution < -0.4 is 5.73 Å². The topological polar surface area (TPSA) is 38.4 Å². The van der Waals surface area contributed by atoms with E-state index in [0.717, 1.165) is 5.75 Å². The van der Waals surface area contributed by atoms with E-state index in [1.807, 2.05) is 6.20 Å². The Morgan fingerprint density at radius 2 is 1.70 bits per heavy atom. The van der Waals surface area contributed by atoms with Crippen LogP contribution in [0, 0.1) is 0 Å². The van der Waals surface area contributed by atoms with Crippen molar-refractivity contribution in [3.8, 4) is 0 Å². The third kappa shape index (κ3) is 6.62. The molecule has 0 aliphatic carbocycles. The Morgan fingerprint density at radius 3 is 2.35 bits per heavy atom. The van der Waals surface area contributed by atoms with Crippen molar-refractivity contribution in [3.63, 3.8) is 0 Å². The highest BCUT2D eigenvalue weighted by atomic mass is 79.9. The molecule has 20 heavy (non-hydrogen) atoms. The molecule has 1 aliphatic heterocycles. The number of thioether (sulfide) groups is 1. The van der Waals surface area contributed by atoms with Gasteiger partial charge in [0.2, 0.25) is 0 Å². The molecule has 110 valence electrons. The van der Waals surface area contributed by atoms with E-state index in [-0.39, 0.29) is 17.0 Å². The Balaban J connectivity index is 0.00000200. The number of benzene rings is 1. The van der Waals surface area contributed by atoms with Crippen molar-refractivity contribution in [3.05, 3.63) is 47.7 Å². The van der Waals surface area contributed by atoms with Crippen LogP contribution >= 0.6 is 28.7 Å². The first kappa shape index (κ1) is 17.3. The average molecular weight is 355 g/mol. The second-order valence-corrected chi connectivity index (χ2v) is 5.94. The molecule has 0 fully saturated rings. The van der Waals surface area contributed by atoms with Crippen LogP contribution in [-0.4, -0.2) is 10.9 Å². The molecule has 0 saturated carbocycles. The lowest BCUT2D eigenvalue weighted by Crippen LogP contribution is -2.10. The van der Waals surface area contributed by atoms with Crippen LogP contribution in [-0.2, 0) is 6.42 Å². The molecule has 1 aromatic carbocycles. The van der Waals surface area contributed by atoms with Gasteiger partial charge in [-0.3, -0.25) is 0 Å². The molecule has 1 aromatic rings. The highest BCUT2D eigenvalue weighted by Crippen LogP contribution is 2.19. The minimum atomic E-state index is 0. The van der Waals surface area contributed by atoms with Crippen LogP contribution in [0.4, 0.5) is 0 Å². The van der Waals surface area contributed by atoms with Crippen molar-refractivity contribution in [1.29, 1.82) is 0 Å². The number of aliphatic imine (C=N–C) groups is 1. The zero-order valence-electron chi connectivity index (χ0n) is 11.8. The average Bonchev–Trinajstić information content (AvgIpc) is 2.46. The van der Waals surface area contributed by atoms with Gasteiger partial charge in [0.1, 0.15) is 0 Å². The predicted molar refractivity (Wildman–Crippen MR) is 95.7 cm³/mol. The van der Waals surface area contributed by atoms with Crippen LogP contribution in [0.25, 0.3) is 0 Å². The lowest BCUT2D eigenvalue weighted by Gasteiger charge is -2.10. The molecule has 1 heterocycles. The second kappa shape index (κ2) is 10.1. The highest BCUT2D eigenvalue weighted by Gasteiger charge is 2.05. The minimum absolute atomic E-state index is 0. The SMILES string of the molecule is Br.NC1=NC=C(CCCCCCc2ccccc2)CS1. The number of unbranched alkanes of at least 4 members (excludes halogenated alkanes) is 3.